The maximum atomic E-state index is 14.3. The molecule has 8 nitrogen and oxygen atoms in total. The zero-order chi connectivity index (χ0) is 22.3. The van der Waals surface area contributed by atoms with Crippen LogP contribution in [0.1, 0.15) is 19.4 Å². The molecule has 1 N–H and O–H groups in total. The van der Waals surface area contributed by atoms with Crippen LogP contribution in [0.5, 0.6) is 5.75 Å². The Morgan fingerprint density at radius 1 is 1.21 bits per heavy atom. The van der Waals surface area contributed by atoms with E-state index in [-0.39, 0.29) is 5.56 Å². The van der Waals surface area contributed by atoms with Gasteiger partial charge in [-0.3, -0.25) is 14.7 Å². The molecule has 0 aliphatic carbocycles. The summed E-state index contributed by atoms with van der Waals surface area (Å²) < 4.78 is 94.9. The van der Waals surface area contributed by atoms with Crippen LogP contribution in [0.15, 0.2) is 23.5 Å². The molecule has 0 aromatic heterocycles. The van der Waals surface area contributed by atoms with E-state index in [1.165, 1.54) is 13.8 Å². The second kappa shape index (κ2) is 7.63. The summed E-state index contributed by atoms with van der Waals surface area (Å²) in [5.74, 6) is -11.2. The molecule has 0 radical (unpaired) electrons. The molecule has 0 spiro atoms. The van der Waals surface area contributed by atoms with Crippen LogP contribution in [0.2, 0.25) is 0 Å². The van der Waals surface area contributed by atoms with Gasteiger partial charge in [0.25, 0.3) is 5.69 Å². The van der Waals surface area contributed by atoms with Crippen molar-refractivity contribution in [2.45, 2.75) is 31.7 Å². The minimum Gasteiger partial charge on any atom is -0.451 e. The predicted molar refractivity (Wildman–Crippen MR) is 88.5 cm³/mol. The number of aliphatic hydroxyl groups is 1. The van der Waals surface area contributed by atoms with Gasteiger partial charge in [0.15, 0.2) is 0 Å². The van der Waals surface area contributed by atoms with E-state index in [0.717, 1.165) is 18.2 Å². The van der Waals surface area contributed by atoms with E-state index >= 15 is 0 Å². The maximum Gasteiger partial charge on any atom is 0.460 e. The summed E-state index contributed by atoms with van der Waals surface area (Å²) in [5, 5.41) is 19.8. The van der Waals surface area contributed by atoms with Gasteiger partial charge < -0.3 is 18.9 Å². The van der Waals surface area contributed by atoms with E-state index in [9.17, 15) is 41.7 Å². The van der Waals surface area contributed by atoms with Crippen molar-refractivity contribution in [3.63, 3.8) is 0 Å². The second-order valence-corrected chi connectivity index (χ2v) is 7.65. The monoisotopic (exact) mass is 447 g/mol. The first-order valence-corrected chi connectivity index (χ1v) is 9.54. The standard InChI is InChI=1S/C15H15F5NO7P/c1-3-26-29(25,27-4-2)12-8-9-7-10(21(23)24)5-6-11(9)28-13(12,22)14(16,17)15(18,19)20/h5-8,22H,3-4H2,1-2H3. The first kappa shape index (κ1) is 23.2. The number of nitro benzene ring substituents is 1. The number of non-ortho nitro benzene ring substituents is 1. The highest BCUT2D eigenvalue weighted by Gasteiger charge is 2.76. The van der Waals surface area contributed by atoms with Gasteiger partial charge in [0, 0.05) is 17.7 Å². The van der Waals surface area contributed by atoms with E-state index in [2.05, 4.69) is 4.74 Å². The Balaban J connectivity index is 2.82. The van der Waals surface area contributed by atoms with E-state index in [1.807, 2.05) is 0 Å². The first-order chi connectivity index (χ1) is 13.2. The Hall–Kier alpha value is -2.08. The minimum atomic E-state index is -6.32. The highest BCUT2D eigenvalue weighted by Crippen LogP contribution is 2.66. The molecule has 2 rings (SSSR count). The lowest BCUT2D eigenvalue weighted by Gasteiger charge is -2.41. The van der Waals surface area contributed by atoms with Crippen LogP contribution in [-0.2, 0) is 13.6 Å². The summed E-state index contributed by atoms with van der Waals surface area (Å²) in [5.41, 5.74) is -0.935. The normalized spacial score (nSPS) is 19.9. The van der Waals surface area contributed by atoms with Gasteiger partial charge in [0.05, 0.1) is 18.1 Å². The zero-order valence-electron chi connectivity index (χ0n) is 14.9. The molecule has 162 valence electrons. The lowest BCUT2D eigenvalue weighted by atomic mass is 10.0. The quantitative estimate of drug-likeness (QED) is 0.284. The zero-order valence-corrected chi connectivity index (χ0v) is 15.8. The Morgan fingerprint density at radius 2 is 1.76 bits per heavy atom. The van der Waals surface area contributed by atoms with Crippen molar-refractivity contribution in [1.29, 1.82) is 0 Å². The highest BCUT2D eigenvalue weighted by molar-refractivity contribution is 7.58. The van der Waals surface area contributed by atoms with Crippen molar-refractivity contribution in [3.05, 3.63) is 39.2 Å². The fourth-order valence-electron chi connectivity index (χ4n) is 2.51. The van der Waals surface area contributed by atoms with Gasteiger partial charge in [-0.25, -0.2) is 0 Å². The Morgan fingerprint density at radius 3 is 2.21 bits per heavy atom. The van der Waals surface area contributed by atoms with Gasteiger partial charge in [0.1, 0.15) is 11.1 Å². The van der Waals surface area contributed by atoms with Crippen molar-refractivity contribution in [2.75, 3.05) is 13.2 Å². The lowest BCUT2D eigenvalue weighted by Crippen LogP contribution is -2.62. The van der Waals surface area contributed by atoms with Gasteiger partial charge in [-0.05, 0) is 26.0 Å². The predicted octanol–water partition coefficient (Wildman–Crippen LogP) is 4.48. The van der Waals surface area contributed by atoms with Crippen LogP contribution in [-0.4, -0.2) is 41.1 Å². The minimum absolute atomic E-state index is 0.378. The average Bonchev–Trinajstić information content (AvgIpc) is 2.59. The third-order valence-electron chi connectivity index (χ3n) is 3.78. The highest BCUT2D eigenvalue weighted by atomic mass is 31.2. The van der Waals surface area contributed by atoms with Crippen molar-refractivity contribution in [1.82, 2.24) is 0 Å². The summed E-state index contributed by atoms with van der Waals surface area (Å²) in [4.78, 5) is 10.1. The molecule has 0 saturated carbocycles. The third-order valence-corrected chi connectivity index (χ3v) is 5.99. The van der Waals surface area contributed by atoms with Gasteiger partial charge >= 0.3 is 25.5 Å². The molecule has 1 unspecified atom stereocenters. The van der Waals surface area contributed by atoms with E-state index < -0.39 is 60.4 Å². The Bertz CT molecular complexity index is 878. The summed E-state index contributed by atoms with van der Waals surface area (Å²) in [7, 11) is -4.94. The number of fused-ring (bicyclic) bond motifs is 1. The number of nitro groups is 1. The van der Waals surface area contributed by atoms with Gasteiger partial charge in [-0.1, -0.05) is 0 Å². The molecular weight excluding hydrogens is 432 g/mol. The summed E-state index contributed by atoms with van der Waals surface area (Å²) in [6.45, 7) is 1.64. The van der Waals surface area contributed by atoms with Crippen LogP contribution in [0, 0.1) is 10.1 Å². The molecule has 29 heavy (non-hydrogen) atoms. The number of nitrogens with zero attached hydrogens (tertiary/aromatic N) is 1. The van der Waals surface area contributed by atoms with Crippen molar-refractivity contribution in [2.24, 2.45) is 0 Å². The lowest BCUT2D eigenvalue weighted by molar-refractivity contribution is -0.385. The molecule has 0 fully saturated rings. The Labute approximate surface area is 160 Å². The first-order valence-electron chi connectivity index (χ1n) is 7.99. The van der Waals surface area contributed by atoms with E-state index in [4.69, 9.17) is 9.05 Å². The number of hydrogen-bond acceptors (Lipinski definition) is 7. The molecule has 0 saturated heterocycles. The number of alkyl halides is 5. The molecule has 1 atom stereocenters. The largest absolute Gasteiger partial charge is 0.460 e. The van der Waals surface area contributed by atoms with E-state index in [1.54, 1.807) is 0 Å². The smallest absolute Gasteiger partial charge is 0.451 e. The van der Waals surface area contributed by atoms with E-state index in [0.29, 0.717) is 6.08 Å². The molecule has 1 aromatic rings. The molecule has 1 heterocycles. The number of benzene rings is 1. The van der Waals surface area contributed by atoms with Crippen molar-refractivity contribution >= 4 is 19.4 Å². The Kier molecular flexibility index (Phi) is 6.11. The number of ether oxygens (including phenoxy) is 1. The van der Waals surface area contributed by atoms with Crippen LogP contribution < -0.4 is 4.74 Å². The maximum absolute atomic E-state index is 14.3. The number of hydrogen-bond donors (Lipinski definition) is 1. The number of halogens is 5. The van der Waals surface area contributed by atoms with Crippen LogP contribution in [0.3, 0.4) is 0 Å². The second-order valence-electron chi connectivity index (χ2n) is 5.66. The van der Waals surface area contributed by atoms with Crippen molar-refractivity contribution in [3.8, 4) is 5.75 Å². The molecule has 14 heteroatoms. The summed E-state index contributed by atoms with van der Waals surface area (Å²) in [6.07, 6.45) is -5.86. The summed E-state index contributed by atoms with van der Waals surface area (Å²) >= 11 is 0. The fraction of sp³-hybridized carbons (Fsp3) is 0.467. The molecule has 1 aliphatic rings. The average molecular weight is 447 g/mol. The SMILES string of the molecule is CCOP(=O)(OCC)C1=Cc2cc([N+](=O)[O-])ccc2OC1(O)C(F)(F)C(F)(F)F. The van der Waals surface area contributed by atoms with Crippen LogP contribution in [0.25, 0.3) is 6.08 Å². The number of rotatable bonds is 7. The van der Waals surface area contributed by atoms with Gasteiger partial charge in [-0.2, -0.15) is 22.0 Å². The molecule has 0 amide bonds. The summed E-state index contributed by atoms with van der Waals surface area (Å²) in [6, 6.07) is 2.28. The molecule has 1 aromatic carbocycles. The van der Waals surface area contributed by atoms with Gasteiger partial charge in [0.2, 0.25) is 0 Å². The van der Waals surface area contributed by atoms with Gasteiger partial charge in [-0.15, -0.1) is 0 Å². The van der Waals surface area contributed by atoms with Crippen LogP contribution >= 0.6 is 7.60 Å². The molecule has 0 bridgehead atoms. The van der Waals surface area contributed by atoms with Crippen molar-refractivity contribution < 1.29 is 50.3 Å². The fourth-order valence-corrected chi connectivity index (χ4v) is 4.40. The third kappa shape index (κ3) is 3.87. The van der Waals surface area contributed by atoms with Crippen LogP contribution in [0.4, 0.5) is 27.6 Å². The molecular formula is C15H15F5NO7P. The molecule has 1 aliphatic heterocycles. The topological polar surface area (TPSA) is 108 Å².